The van der Waals surface area contributed by atoms with Crippen molar-refractivity contribution in [2.24, 2.45) is 0 Å². The van der Waals surface area contributed by atoms with Crippen molar-refractivity contribution in [1.82, 2.24) is 0 Å². The topological polar surface area (TPSA) is 35.5 Å². The molecule has 0 aliphatic carbocycles. The van der Waals surface area contributed by atoms with Crippen molar-refractivity contribution in [3.63, 3.8) is 0 Å². The Kier molecular flexibility index (Phi) is 3.25. The SMILES string of the molecule is C[C@@H]1Oc2ccc(Oc3ccccc3)cc2C=C1C=O. The van der Waals surface area contributed by atoms with Gasteiger partial charge >= 0.3 is 0 Å². The lowest BCUT2D eigenvalue weighted by atomic mass is 10.0. The predicted molar refractivity (Wildman–Crippen MR) is 77.1 cm³/mol. The maximum absolute atomic E-state index is 11.0. The Labute approximate surface area is 117 Å². The molecule has 0 saturated heterocycles. The van der Waals surface area contributed by atoms with Crippen LogP contribution in [0.1, 0.15) is 12.5 Å². The van der Waals surface area contributed by atoms with Crippen molar-refractivity contribution in [3.05, 3.63) is 59.7 Å². The van der Waals surface area contributed by atoms with Gasteiger partial charge < -0.3 is 9.47 Å². The van der Waals surface area contributed by atoms with Crippen molar-refractivity contribution < 1.29 is 14.3 Å². The smallest absolute Gasteiger partial charge is 0.149 e. The summed E-state index contributed by atoms with van der Waals surface area (Å²) in [6.45, 7) is 1.86. The third-order valence-corrected chi connectivity index (χ3v) is 3.19. The molecule has 1 heterocycles. The average Bonchev–Trinajstić information content (AvgIpc) is 2.48. The Morgan fingerprint density at radius 2 is 1.90 bits per heavy atom. The summed E-state index contributed by atoms with van der Waals surface area (Å²) in [6, 6.07) is 15.2. The van der Waals surface area contributed by atoms with E-state index in [1.54, 1.807) is 0 Å². The van der Waals surface area contributed by atoms with Crippen molar-refractivity contribution in [2.45, 2.75) is 13.0 Å². The Bertz CT molecular complexity index is 659. The Morgan fingerprint density at radius 3 is 2.65 bits per heavy atom. The molecule has 0 fully saturated rings. The minimum Gasteiger partial charge on any atom is -0.485 e. The largest absolute Gasteiger partial charge is 0.485 e. The molecule has 0 spiro atoms. The lowest BCUT2D eigenvalue weighted by Gasteiger charge is -2.22. The average molecular weight is 266 g/mol. The molecule has 0 radical (unpaired) electrons. The van der Waals surface area contributed by atoms with Crippen molar-refractivity contribution in [2.75, 3.05) is 0 Å². The van der Waals surface area contributed by atoms with Gasteiger partial charge in [-0.25, -0.2) is 0 Å². The van der Waals surface area contributed by atoms with E-state index in [0.29, 0.717) is 5.57 Å². The zero-order valence-electron chi connectivity index (χ0n) is 11.1. The van der Waals surface area contributed by atoms with E-state index in [9.17, 15) is 4.79 Å². The summed E-state index contributed by atoms with van der Waals surface area (Å²) in [7, 11) is 0. The maximum atomic E-state index is 11.0. The predicted octanol–water partition coefficient (Wildman–Crippen LogP) is 3.84. The van der Waals surface area contributed by atoms with Crippen LogP contribution in [0, 0.1) is 0 Å². The number of benzene rings is 2. The fourth-order valence-corrected chi connectivity index (χ4v) is 2.12. The second kappa shape index (κ2) is 5.21. The standard InChI is InChI=1S/C17H14O3/c1-12-14(11-18)9-13-10-16(7-8-17(13)19-12)20-15-5-3-2-4-6-15/h2-12H,1H3/t12-/m0/s1. The second-order valence-electron chi connectivity index (χ2n) is 4.64. The first kappa shape index (κ1) is 12.5. The molecule has 0 amide bonds. The summed E-state index contributed by atoms with van der Waals surface area (Å²) in [5, 5.41) is 0. The van der Waals surface area contributed by atoms with Crippen LogP contribution in [0.4, 0.5) is 0 Å². The van der Waals surface area contributed by atoms with E-state index in [4.69, 9.17) is 9.47 Å². The molecule has 100 valence electrons. The van der Waals surface area contributed by atoms with Crippen LogP contribution in [-0.2, 0) is 4.79 Å². The van der Waals surface area contributed by atoms with Gasteiger partial charge in [0.1, 0.15) is 29.6 Å². The monoisotopic (exact) mass is 266 g/mol. The highest BCUT2D eigenvalue weighted by Crippen LogP contribution is 2.33. The molecule has 2 aromatic rings. The minimum absolute atomic E-state index is 0.208. The summed E-state index contributed by atoms with van der Waals surface area (Å²) in [4.78, 5) is 11.0. The number of ether oxygens (including phenoxy) is 2. The van der Waals surface area contributed by atoms with Crippen LogP contribution >= 0.6 is 0 Å². The van der Waals surface area contributed by atoms with E-state index in [0.717, 1.165) is 29.1 Å². The van der Waals surface area contributed by atoms with Crippen molar-refractivity contribution in [3.8, 4) is 17.2 Å². The summed E-state index contributed by atoms with van der Waals surface area (Å²) in [5.41, 5.74) is 1.49. The number of aldehydes is 1. The quantitative estimate of drug-likeness (QED) is 0.792. The Hall–Kier alpha value is -2.55. The van der Waals surface area contributed by atoms with Gasteiger partial charge in [0.2, 0.25) is 0 Å². The molecule has 0 aromatic heterocycles. The normalized spacial score (nSPS) is 16.6. The van der Waals surface area contributed by atoms with Crippen LogP contribution in [0.5, 0.6) is 17.2 Å². The number of carbonyl (C=O) groups excluding carboxylic acids is 1. The first-order valence-corrected chi connectivity index (χ1v) is 6.46. The number of para-hydroxylation sites is 1. The van der Waals surface area contributed by atoms with Gasteiger partial charge in [-0.1, -0.05) is 18.2 Å². The highest BCUT2D eigenvalue weighted by atomic mass is 16.5. The van der Waals surface area contributed by atoms with E-state index < -0.39 is 0 Å². The molecular formula is C17H14O3. The highest BCUT2D eigenvalue weighted by Gasteiger charge is 2.18. The summed E-state index contributed by atoms with van der Waals surface area (Å²) < 4.78 is 11.5. The summed E-state index contributed by atoms with van der Waals surface area (Å²) >= 11 is 0. The summed E-state index contributed by atoms with van der Waals surface area (Å²) in [6.07, 6.45) is 2.47. The van der Waals surface area contributed by atoms with Gasteiger partial charge in [0.05, 0.1) is 0 Å². The molecule has 1 aliphatic rings. The van der Waals surface area contributed by atoms with Crippen molar-refractivity contribution in [1.29, 1.82) is 0 Å². The first-order chi connectivity index (χ1) is 9.76. The fraction of sp³-hybridized carbons (Fsp3) is 0.118. The number of rotatable bonds is 3. The van der Waals surface area contributed by atoms with E-state index in [-0.39, 0.29) is 6.10 Å². The van der Waals surface area contributed by atoms with E-state index in [1.807, 2.05) is 61.5 Å². The fourth-order valence-electron chi connectivity index (χ4n) is 2.12. The zero-order valence-corrected chi connectivity index (χ0v) is 11.1. The van der Waals surface area contributed by atoms with Gasteiger partial charge in [-0.15, -0.1) is 0 Å². The molecular weight excluding hydrogens is 252 g/mol. The van der Waals surface area contributed by atoms with Gasteiger partial charge in [-0.3, -0.25) is 4.79 Å². The molecule has 1 atom stereocenters. The lowest BCUT2D eigenvalue weighted by molar-refractivity contribution is -0.105. The third kappa shape index (κ3) is 2.43. The highest BCUT2D eigenvalue weighted by molar-refractivity contribution is 5.85. The second-order valence-corrected chi connectivity index (χ2v) is 4.64. The first-order valence-electron chi connectivity index (χ1n) is 6.46. The molecule has 0 bridgehead atoms. The van der Waals surface area contributed by atoms with Crippen LogP contribution in [0.15, 0.2) is 54.1 Å². The van der Waals surface area contributed by atoms with Crippen LogP contribution in [-0.4, -0.2) is 12.4 Å². The van der Waals surface area contributed by atoms with Gasteiger partial charge in [0.15, 0.2) is 0 Å². The Balaban J connectivity index is 1.91. The van der Waals surface area contributed by atoms with E-state index in [2.05, 4.69) is 0 Å². The lowest BCUT2D eigenvalue weighted by Crippen LogP contribution is -2.19. The molecule has 20 heavy (non-hydrogen) atoms. The molecule has 0 unspecified atom stereocenters. The molecule has 3 rings (SSSR count). The zero-order chi connectivity index (χ0) is 13.9. The number of carbonyl (C=O) groups is 1. The van der Waals surface area contributed by atoms with E-state index >= 15 is 0 Å². The molecule has 1 aliphatic heterocycles. The number of fused-ring (bicyclic) bond motifs is 1. The molecule has 0 N–H and O–H groups in total. The van der Waals surface area contributed by atoms with Crippen LogP contribution in [0.25, 0.3) is 6.08 Å². The summed E-state index contributed by atoms with van der Waals surface area (Å²) in [5.74, 6) is 2.26. The maximum Gasteiger partial charge on any atom is 0.149 e. The molecule has 3 nitrogen and oxygen atoms in total. The Morgan fingerprint density at radius 1 is 1.10 bits per heavy atom. The van der Waals surface area contributed by atoms with Gasteiger partial charge in [-0.2, -0.15) is 0 Å². The van der Waals surface area contributed by atoms with Crippen LogP contribution in [0.2, 0.25) is 0 Å². The number of hydrogen-bond acceptors (Lipinski definition) is 3. The van der Waals surface area contributed by atoms with Gasteiger partial charge in [-0.05, 0) is 43.3 Å². The van der Waals surface area contributed by atoms with Crippen LogP contribution in [0.3, 0.4) is 0 Å². The molecule has 2 aromatic carbocycles. The van der Waals surface area contributed by atoms with Crippen molar-refractivity contribution >= 4 is 12.4 Å². The molecule has 0 saturated carbocycles. The minimum atomic E-state index is -0.208. The van der Waals surface area contributed by atoms with Crippen LogP contribution < -0.4 is 9.47 Å². The third-order valence-electron chi connectivity index (χ3n) is 3.19. The van der Waals surface area contributed by atoms with Gasteiger partial charge in [0.25, 0.3) is 0 Å². The molecule has 3 heteroatoms. The van der Waals surface area contributed by atoms with Gasteiger partial charge in [0, 0.05) is 11.1 Å². The number of hydrogen-bond donors (Lipinski definition) is 0. The van der Waals surface area contributed by atoms with E-state index in [1.165, 1.54) is 0 Å².